The van der Waals surface area contributed by atoms with Crippen molar-refractivity contribution in [1.29, 1.82) is 0 Å². The van der Waals surface area contributed by atoms with E-state index in [1.807, 2.05) is 12.1 Å². The number of aliphatic carboxylic acids is 1. The maximum Gasteiger partial charge on any atom is 0.303 e. The molecule has 110 valence electrons. The summed E-state index contributed by atoms with van der Waals surface area (Å²) < 4.78 is 5.13. The molecule has 3 heteroatoms. The molecule has 1 aromatic carbocycles. The lowest BCUT2D eigenvalue weighted by molar-refractivity contribution is -0.137. The second kappa shape index (κ2) is 9.18. The van der Waals surface area contributed by atoms with Crippen molar-refractivity contribution in [2.75, 3.05) is 7.11 Å². The number of hydrogen-bond donors (Lipinski definition) is 1. The molecule has 0 spiro atoms. The van der Waals surface area contributed by atoms with E-state index in [0.29, 0.717) is 12.3 Å². The van der Waals surface area contributed by atoms with Crippen molar-refractivity contribution >= 4 is 5.97 Å². The van der Waals surface area contributed by atoms with Gasteiger partial charge in [0, 0.05) is 6.42 Å². The van der Waals surface area contributed by atoms with E-state index in [2.05, 4.69) is 31.2 Å². The minimum Gasteiger partial charge on any atom is -0.497 e. The molecule has 0 heterocycles. The number of aryl methyl sites for hydroxylation is 1. The van der Waals surface area contributed by atoms with Crippen LogP contribution >= 0.6 is 0 Å². The molecule has 0 fully saturated rings. The van der Waals surface area contributed by atoms with Gasteiger partial charge in [0.15, 0.2) is 0 Å². The van der Waals surface area contributed by atoms with Crippen LogP contribution in [0.15, 0.2) is 36.4 Å². The van der Waals surface area contributed by atoms with Gasteiger partial charge in [-0.05, 0) is 49.3 Å². The highest BCUT2D eigenvalue weighted by Gasteiger charge is 2.01. The highest BCUT2D eigenvalue weighted by Crippen LogP contribution is 2.14. The molecule has 3 nitrogen and oxygen atoms in total. The average Bonchev–Trinajstić information content (AvgIpc) is 2.45. The summed E-state index contributed by atoms with van der Waals surface area (Å²) in [6.07, 6.45) is 8.43. The second-order valence-electron chi connectivity index (χ2n) is 5.08. The molecule has 1 N–H and O–H groups in total. The molecule has 1 unspecified atom stereocenters. The van der Waals surface area contributed by atoms with Crippen molar-refractivity contribution < 1.29 is 14.6 Å². The Balaban J connectivity index is 2.18. The van der Waals surface area contributed by atoms with Gasteiger partial charge in [0.25, 0.3) is 0 Å². The average molecular weight is 276 g/mol. The first-order valence-corrected chi connectivity index (χ1v) is 7.13. The van der Waals surface area contributed by atoms with Gasteiger partial charge in [0.2, 0.25) is 0 Å². The summed E-state index contributed by atoms with van der Waals surface area (Å²) in [5.74, 6) is 0.512. The van der Waals surface area contributed by atoms with Crippen LogP contribution in [0, 0.1) is 5.92 Å². The third kappa shape index (κ3) is 6.98. The van der Waals surface area contributed by atoms with Gasteiger partial charge in [-0.2, -0.15) is 0 Å². The van der Waals surface area contributed by atoms with Crippen molar-refractivity contribution in [3.05, 3.63) is 42.0 Å². The second-order valence-corrected chi connectivity index (χ2v) is 5.08. The number of allylic oxidation sites excluding steroid dienone is 2. The van der Waals surface area contributed by atoms with Crippen LogP contribution in [0.2, 0.25) is 0 Å². The fraction of sp³-hybridized carbons (Fsp3) is 0.471. The molecular weight excluding hydrogens is 252 g/mol. The highest BCUT2D eigenvalue weighted by molar-refractivity contribution is 5.66. The zero-order valence-electron chi connectivity index (χ0n) is 12.3. The number of methoxy groups -OCH3 is 1. The summed E-state index contributed by atoms with van der Waals surface area (Å²) >= 11 is 0. The first-order chi connectivity index (χ1) is 9.61. The monoisotopic (exact) mass is 276 g/mol. The molecule has 1 rings (SSSR count). The lowest BCUT2D eigenvalue weighted by Gasteiger charge is -2.04. The van der Waals surface area contributed by atoms with Gasteiger partial charge in [0.1, 0.15) is 5.75 Å². The van der Waals surface area contributed by atoms with Gasteiger partial charge in [-0.1, -0.05) is 31.2 Å². The van der Waals surface area contributed by atoms with E-state index in [1.165, 1.54) is 5.56 Å². The molecule has 1 aromatic rings. The number of hydrogen-bond acceptors (Lipinski definition) is 2. The van der Waals surface area contributed by atoms with Crippen LogP contribution in [0.3, 0.4) is 0 Å². The Morgan fingerprint density at radius 1 is 1.35 bits per heavy atom. The van der Waals surface area contributed by atoms with Crippen LogP contribution in [0.25, 0.3) is 0 Å². The number of unbranched alkanes of at least 4 members (excludes halogenated alkanes) is 1. The minimum absolute atomic E-state index is 0.247. The minimum atomic E-state index is -0.718. The third-order valence-electron chi connectivity index (χ3n) is 3.27. The van der Waals surface area contributed by atoms with Crippen molar-refractivity contribution in [3.63, 3.8) is 0 Å². The van der Waals surface area contributed by atoms with Crippen molar-refractivity contribution in [3.8, 4) is 5.75 Å². The number of benzene rings is 1. The smallest absolute Gasteiger partial charge is 0.303 e. The number of carbonyl (C=O) groups is 1. The number of rotatable bonds is 9. The number of ether oxygens (including phenoxy) is 1. The standard InChI is InChI=1S/C17H24O3/c1-14(8-13-17(18)19)6-4-3-5-7-15-9-11-16(20-2)12-10-15/h4,6,9-12,14H,3,5,7-8,13H2,1-2H3,(H,18,19). The zero-order chi connectivity index (χ0) is 14.8. The van der Waals surface area contributed by atoms with Gasteiger partial charge >= 0.3 is 5.97 Å². The first-order valence-electron chi connectivity index (χ1n) is 7.13. The van der Waals surface area contributed by atoms with Crippen LogP contribution in [0.5, 0.6) is 5.75 Å². The summed E-state index contributed by atoms with van der Waals surface area (Å²) in [5, 5.41) is 8.60. The summed E-state index contributed by atoms with van der Waals surface area (Å²) in [7, 11) is 1.67. The first kappa shape index (κ1) is 16.3. The third-order valence-corrected chi connectivity index (χ3v) is 3.27. The fourth-order valence-electron chi connectivity index (χ4n) is 1.99. The van der Waals surface area contributed by atoms with Gasteiger partial charge in [-0.15, -0.1) is 0 Å². The van der Waals surface area contributed by atoms with E-state index < -0.39 is 5.97 Å². The normalized spacial score (nSPS) is 12.5. The van der Waals surface area contributed by atoms with Gasteiger partial charge in [-0.3, -0.25) is 4.79 Å². The highest BCUT2D eigenvalue weighted by atomic mass is 16.5. The van der Waals surface area contributed by atoms with Crippen molar-refractivity contribution in [2.24, 2.45) is 5.92 Å². The topological polar surface area (TPSA) is 46.5 Å². The van der Waals surface area contributed by atoms with E-state index in [4.69, 9.17) is 9.84 Å². The Morgan fingerprint density at radius 3 is 2.65 bits per heavy atom. The lowest BCUT2D eigenvalue weighted by Crippen LogP contribution is -1.98. The maximum atomic E-state index is 10.4. The van der Waals surface area contributed by atoms with Crippen LogP contribution in [0.4, 0.5) is 0 Å². The Labute approximate surface area is 121 Å². The van der Waals surface area contributed by atoms with Gasteiger partial charge in [0.05, 0.1) is 7.11 Å². The molecule has 0 saturated carbocycles. The van der Waals surface area contributed by atoms with Crippen LogP contribution in [-0.2, 0) is 11.2 Å². The van der Waals surface area contributed by atoms with E-state index in [9.17, 15) is 4.79 Å². The molecule has 0 radical (unpaired) electrons. The maximum absolute atomic E-state index is 10.4. The van der Waals surface area contributed by atoms with E-state index in [1.54, 1.807) is 7.11 Å². The molecule has 0 aliphatic carbocycles. The lowest BCUT2D eigenvalue weighted by atomic mass is 10.0. The Morgan fingerprint density at radius 2 is 2.05 bits per heavy atom. The van der Waals surface area contributed by atoms with E-state index in [-0.39, 0.29) is 6.42 Å². The predicted octanol–water partition coefficient (Wildman–Crippen LogP) is 4.08. The molecule has 20 heavy (non-hydrogen) atoms. The Bertz CT molecular complexity index is 420. The molecule has 0 amide bonds. The molecule has 0 aliphatic heterocycles. The molecule has 1 atom stereocenters. The fourth-order valence-corrected chi connectivity index (χ4v) is 1.99. The Hall–Kier alpha value is -1.77. The quantitative estimate of drug-likeness (QED) is 0.546. The van der Waals surface area contributed by atoms with E-state index >= 15 is 0 Å². The van der Waals surface area contributed by atoms with E-state index in [0.717, 1.165) is 25.0 Å². The predicted molar refractivity (Wildman–Crippen MR) is 81.1 cm³/mol. The number of carboxylic acid groups (broad SMARTS) is 1. The SMILES string of the molecule is COc1ccc(CCCC=CC(C)CCC(=O)O)cc1. The summed E-state index contributed by atoms with van der Waals surface area (Å²) in [6, 6.07) is 8.16. The summed E-state index contributed by atoms with van der Waals surface area (Å²) in [6.45, 7) is 2.06. The zero-order valence-corrected chi connectivity index (χ0v) is 12.3. The summed E-state index contributed by atoms with van der Waals surface area (Å²) in [4.78, 5) is 10.4. The van der Waals surface area contributed by atoms with Gasteiger partial charge < -0.3 is 9.84 Å². The van der Waals surface area contributed by atoms with Gasteiger partial charge in [-0.25, -0.2) is 0 Å². The van der Waals surface area contributed by atoms with Crippen LogP contribution in [0.1, 0.15) is 38.2 Å². The molecule has 0 aliphatic rings. The van der Waals surface area contributed by atoms with Crippen molar-refractivity contribution in [1.82, 2.24) is 0 Å². The Kier molecular flexibility index (Phi) is 7.48. The largest absolute Gasteiger partial charge is 0.497 e. The molecule has 0 saturated heterocycles. The molecule has 0 aromatic heterocycles. The number of carboxylic acids is 1. The van der Waals surface area contributed by atoms with Crippen molar-refractivity contribution in [2.45, 2.75) is 39.0 Å². The summed E-state index contributed by atoms with van der Waals surface area (Å²) in [5.41, 5.74) is 1.32. The van der Waals surface area contributed by atoms with Crippen LogP contribution < -0.4 is 4.74 Å². The molecule has 0 bridgehead atoms. The molecular formula is C17H24O3. The van der Waals surface area contributed by atoms with Crippen LogP contribution in [-0.4, -0.2) is 18.2 Å².